The number of imidazole rings is 1. The summed E-state index contributed by atoms with van der Waals surface area (Å²) in [6, 6.07) is 10.8. The third-order valence-corrected chi connectivity index (χ3v) is 5.77. The van der Waals surface area contributed by atoms with E-state index in [0.29, 0.717) is 18.4 Å². The van der Waals surface area contributed by atoms with Crippen LogP contribution in [0.1, 0.15) is 49.0 Å². The highest BCUT2D eigenvalue weighted by Crippen LogP contribution is 2.40. The second-order valence-electron chi connectivity index (χ2n) is 7.74. The number of aromatic nitrogens is 2. The molecule has 0 spiro atoms. The van der Waals surface area contributed by atoms with E-state index in [1.807, 2.05) is 24.0 Å². The largest absolute Gasteiger partial charge is 0.345 e. The Bertz CT molecular complexity index is 729. The maximum absolute atomic E-state index is 12.6. The van der Waals surface area contributed by atoms with Gasteiger partial charge < -0.3 is 9.88 Å². The number of benzene rings is 1. The van der Waals surface area contributed by atoms with Crippen molar-refractivity contribution in [1.82, 2.24) is 19.8 Å². The summed E-state index contributed by atoms with van der Waals surface area (Å²) in [5, 5.41) is 3.25. The van der Waals surface area contributed by atoms with Gasteiger partial charge in [0.05, 0.1) is 12.6 Å². The molecule has 138 valence electrons. The average molecular weight is 352 g/mol. The summed E-state index contributed by atoms with van der Waals surface area (Å²) in [7, 11) is 2.00. The van der Waals surface area contributed by atoms with Crippen LogP contribution in [0.4, 0.5) is 0 Å². The van der Waals surface area contributed by atoms with Crippen LogP contribution in [-0.4, -0.2) is 40.0 Å². The molecule has 1 unspecified atom stereocenters. The Morgan fingerprint density at radius 2 is 1.92 bits per heavy atom. The molecule has 2 heterocycles. The Balaban J connectivity index is 1.29. The SMILES string of the molecule is Cn1ccnc1C(NC(=O)CN1CCC(c2ccccc2)CC1)C1CC1. The number of carbonyl (C=O) groups is 1. The van der Waals surface area contributed by atoms with Crippen molar-refractivity contribution in [2.75, 3.05) is 19.6 Å². The molecule has 1 aliphatic carbocycles. The fraction of sp³-hybridized carbons (Fsp3) is 0.524. The Morgan fingerprint density at radius 1 is 1.19 bits per heavy atom. The van der Waals surface area contributed by atoms with E-state index in [0.717, 1.165) is 31.8 Å². The Kier molecular flexibility index (Phi) is 5.07. The van der Waals surface area contributed by atoms with Crippen molar-refractivity contribution in [3.05, 3.63) is 54.1 Å². The van der Waals surface area contributed by atoms with Crippen molar-refractivity contribution in [3.8, 4) is 0 Å². The number of hydrogen-bond acceptors (Lipinski definition) is 3. The number of nitrogens with one attached hydrogen (secondary N) is 1. The lowest BCUT2D eigenvalue weighted by Gasteiger charge is -2.32. The molecule has 1 amide bonds. The Morgan fingerprint density at radius 3 is 2.54 bits per heavy atom. The van der Waals surface area contributed by atoms with Gasteiger partial charge in [0.15, 0.2) is 0 Å². The minimum absolute atomic E-state index is 0.0596. The zero-order chi connectivity index (χ0) is 17.9. The normalized spacial score (nSPS) is 20.0. The van der Waals surface area contributed by atoms with E-state index in [1.54, 1.807) is 0 Å². The highest BCUT2D eigenvalue weighted by atomic mass is 16.2. The third-order valence-electron chi connectivity index (χ3n) is 5.77. The van der Waals surface area contributed by atoms with Gasteiger partial charge in [-0.25, -0.2) is 4.98 Å². The maximum Gasteiger partial charge on any atom is 0.234 e. The summed E-state index contributed by atoms with van der Waals surface area (Å²) in [5.41, 5.74) is 1.43. The van der Waals surface area contributed by atoms with E-state index in [-0.39, 0.29) is 11.9 Å². The lowest BCUT2D eigenvalue weighted by atomic mass is 9.89. The quantitative estimate of drug-likeness (QED) is 0.870. The highest BCUT2D eigenvalue weighted by Gasteiger charge is 2.36. The van der Waals surface area contributed by atoms with Crippen molar-refractivity contribution < 1.29 is 4.79 Å². The van der Waals surface area contributed by atoms with Crippen LogP contribution in [0.3, 0.4) is 0 Å². The number of rotatable bonds is 6. The predicted octanol–water partition coefficient (Wildman–Crippen LogP) is 2.87. The van der Waals surface area contributed by atoms with E-state index in [9.17, 15) is 4.79 Å². The predicted molar refractivity (Wildman–Crippen MR) is 102 cm³/mol. The fourth-order valence-corrected chi connectivity index (χ4v) is 4.07. The van der Waals surface area contributed by atoms with Crippen LogP contribution in [-0.2, 0) is 11.8 Å². The van der Waals surface area contributed by atoms with Crippen molar-refractivity contribution in [3.63, 3.8) is 0 Å². The van der Waals surface area contributed by atoms with E-state index < -0.39 is 0 Å². The minimum Gasteiger partial charge on any atom is -0.345 e. The molecular formula is C21H28N4O. The smallest absolute Gasteiger partial charge is 0.234 e. The van der Waals surface area contributed by atoms with E-state index in [4.69, 9.17) is 0 Å². The van der Waals surface area contributed by atoms with Gasteiger partial charge in [0.25, 0.3) is 0 Å². The first-order chi connectivity index (χ1) is 12.7. The molecule has 5 heteroatoms. The first-order valence-corrected chi connectivity index (χ1v) is 9.74. The monoisotopic (exact) mass is 352 g/mol. The van der Waals surface area contributed by atoms with Crippen LogP contribution < -0.4 is 5.32 Å². The van der Waals surface area contributed by atoms with Crippen molar-refractivity contribution in [2.45, 2.75) is 37.6 Å². The summed E-state index contributed by atoms with van der Waals surface area (Å²) in [6.07, 6.45) is 8.38. The number of likely N-dealkylation sites (tertiary alicyclic amines) is 1. The van der Waals surface area contributed by atoms with Crippen molar-refractivity contribution in [2.24, 2.45) is 13.0 Å². The van der Waals surface area contributed by atoms with Crippen LogP contribution in [0, 0.1) is 5.92 Å². The topological polar surface area (TPSA) is 50.2 Å². The molecule has 1 aromatic carbocycles. The number of aryl methyl sites for hydroxylation is 1. The van der Waals surface area contributed by atoms with Crippen LogP contribution in [0.15, 0.2) is 42.7 Å². The fourth-order valence-electron chi connectivity index (χ4n) is 4.07. The van der Waals surface area contributed by atoms with E-state index in [1.165, 1.54) is 18.4 Å². The molecule has 1 saturated carbocycles. The minimum atomic E-state index is 0.0596. The first kappa shape index (κ1) is 17.3. The highest BCUT2D eigenvalue weighted by molar-refractivity contribution is 5.78. The molecule has 2 aromatic rings. The van der Waals surface area contributed by atoms with Gasteiger partial charge in [0, 0.05) is 19.4 Å². The third kappa shape index (κ3) is 3.98. The number of nitrogens with zero attached hydrogens (tertiary/aromatic N) is 3. The van der Waals surface area contributed by atoms with Crippen LogP contribution in [0.5, 0.6) is 0 Å². The maximum atomic E-state index is 12.6. The lowest BCUT2D eigenvalue weighted by molar-refractivity contribution is -0.123. The summed E-state index contributed by atoms with van der Waals surface area (Å²) in [6.45, 7) is 2.47. The first-order valence-electron chi connectivity index (χ1n) is 9.74. The average Bonchev–Trinajstić information content (AvgIpc) is 3.42. The molecule has 5 nitrogen and oxygen atoms in total. The molecule has 0 radical (unpaired) electrons. The van der Waals surface area contributed by atoms with Gasteiger partial charge in [-0.1, -0.05) is 30.3 Å². The zero-order valence-electron chi connectivity index (χ0n) is 15.5. The van der Waals surface area contributed by atoms with Crippen molar-refractivity contribution in [1.29, 1.82) is 0 Å². The molecule has 1 atom stereocenters. The van der Waals surface area contributed by atoms with E-state index in [2.05, 4.69) is 45.5 Å². The van der Waals surface area contributed by atoms with Gasteiger partial charge in [-0.2, -0.15) is 0 Å². The van der Waals surface area contributed by atoms with E-state index >= 15 is 0 Å². The molecule has 0 bridgehead atoms. The lowest BCUT2D eigenvalue weighted by Crippen LogP contribution is -2.43. The Hall–Kier alpha value is -2.14. The van der Waals surface area contributed by atoms with Gasteiger partial charge in [-0.3, -0.25) is 9.69 Å². The number of carbonyl (C=O) groups excluding carboxylic acids is 1. The molecule has 1 aliphatic heterocycles. The summed E-state index contributed by atoms with van der Waals surface area (Å²) in [4.78, 5) is 19.4. The molecule has 1 aromatic heterocycles. The molecule has 1 N–H and O–H groups in total. The number of hydrogen-bond donors (Lipinski definition) is 1. The van der Waals surface area contributed by atoms with Crippen molar-refractivity contribution >= 4 is 5.91 Å². The van der Waals surface area contributed by atoms with Gasteiger partial charge >= 0.3 is 0 Å². The Labute approximate surface area is 155 Å². The van der Waals surface area contributed by atoms with Gasteiger partial charge in [0.2, 0.25) is 5.91 Å². The van der Waals surface area contributed by atoms with Gasteiger partial charge in [-0.05, 0) is 56.2 Å². The molecule has 26 heavy (non-hydrogen) atoms. The van der Waals surface area contributed by atoms with Crippen LogP contribution in [0.25, 0.3) is 0 Å². The number of piperidine rings is 1. The molecule has 2 aliphatic rings. The van der Waals surface area contributed by atoms with Gasteiger partial charge in [0.1, 0.15) is 5.82 Å². The summed E-state index contributed by atoms with van der Waals surface area (Å²) >= 11 is 0. The summed E-state index contributed by atoms with van der Waals surface area (Å²) < 4.78 is 2.02. The second-order valence-corrected chi connectivity index (χ2v) is 7.74. The molecule has 2 fully saturated rings. The molecular weight excluding hydrogens is 324 g/mol. The molecule has 4 rings (SSSR count). The standard InChI is InChI=1S/C21H28N4O/c1-24-14-11-22-21(24)20(18-7-8-18)23-19(26)15-25-12-9-17(10-13-25)16-5-3-2-4-6-16/h2-6,11,14,17-18,20H,7-10,12-13,15H2,1H3,(H,23,26). The van der Waals surface area contributed by atoms with Crippen LogP contribution >= 0.6 is 0 Å². The zero-order valence-corrected chi connectivity index (χ0v) is 15.5. The molecule has 1 saturated heterocycles. The van der Waals surface area contributed by atoms with Crippen LogP contribution in [0.2, 0.25) is 0 Å². The number of amides is 1. The summed E-state index contributed by atoms with van der Waals surface area (Å²) in [5.74, 6) is 2.28. The second kappa shape index (κ2) is 7.62. The van der Waals surface area contributed by atoms with Gasteiger partial charge in [-0.15, -0.1) is 0 Å².